The van der Waals surface area contributed by atoms with E-state index < -0.39 is 0 Å². The van der Waals surface area contributed by atoms with E-state index >= 15 is 0 Å². The van der Waals surface area contributed by atoms with Crippen LogP contribution >= 0.6 is 11.3 Å². The maximum absolute atomic E-state index is 12.6. The van der Waals surface area contributed by atoms with Crippen molar-refractivity contribution in [3.63, 3.8) is 0 Å². The normalized spacial score (nSPS) is 13.9. The van der Waals surface area contributed by atoms with Crippen LogP contribution in [0.2, 0.25) is 0 Å². The first-order chi connectivity index (χ1) is 13.6. The molecule has 0 bridgehead atoms. The van der Waals surface area contributed by atoms with Crippen molar-refractivity contribution >= 4 is 11.3 Å². The number of phenolic OH excluding ortho intramolecular Hbond substituents is 1. The zero-order chi connectivity index (χ0) is 19.7. The number of ether oxygens (including phenoxy) is 2. The van der Waals surface area contributed by atoms with E-state index in [9.17, 15) is 9.90 Å². The van der Waals surface area contributed by atoms with E-state index in [1.807, 2.05) is 23.6 Å². The van der Waals surface area contributed by atoms with E-state index in [2.05, 4.69) is 14.9 Å². The molecular weight excluding hydrogens is 378 g/mol. The molecule has 3 heterocycles. The van der Waals surface area contributed by atoms with E-state index in [0.717, 1.165) is 22.7 Å². The van der Waals surface area contributed by atoms with Crippen LogP contribution in [0.15, 0.2) is 34.4 Å². The molecule has 0 spiro atoms. The summed E-state index contributed by atoms with van der Waals surface area (Å²) in [4.78, 5) is 23.3. The molecule has 0 fully saturated rings. The van der Waals surface area contributed by atoms with Crippen LogP contribution in [-0.2, 0) is 19.5 Å². The van der Waals surface area contributed by atoms with Crippen molar-refractivity contribution < 1.29 is 14.6 Å². The van der Waals surface area contributed by atoms with Gasteiger partial charge in [-0.25, -0.2) is 4.98 Å². The average molecular weight is 399 g/mol. The Kier molecular flexibility index (Phi) is 5.06. The van der Waals surface area contributed by atoms with Gasteiger partial charge in [-0.05, 0) is 29.1 Å². The first-order valence-corrected chi connectivity index (χ1v) is 9.79. The Balaban J connectivity index is 1.57. The molecule has 1 aromatic carbocycles. The lowest BCUT2D eigenvalue weighted by atomic mass is 10.1. The van der Waals surface area contributed by atoms with Crippen molar-refractivity contribution in [3.8, 4) is 28.0 Å². The molecule has 28 heavy (non-hydrogen) atoms. The lowest BCUT2D eigenvalue weighted by Gasteiger charge is -2.28. The molecule has 0 saturated carbocycles. The number of phenols is 1. The number of hydrogen-bond donors (Lipinski definition) is 2. The van der Waals surface area contributed by atoms with Crippen molar-refractivity contribution in [2.75, 3.05) is 20.8 Å². The van der Waals surface area contributed by atoms with Gasteiger partial charge in [0.1, 0.15) is 0 Å². The number of aromatic nitrogens is 2. The molecule has 0 aliphatic carbocycles. The zero-order valence-electron chi connectivity index (χ0n) is 15.7. The van der Waals surface area contributed by atoms with Crippen molar-refractivity contribution in [1.82, 2.24) is 14.9 Å². The van der Waals surface area contributed by atoms with E-state index in [0.29, 0.717) is 42.4 Å². The molecule has 1 aliphatic rings. The summed E-state index contributed by atoms with van der Waals surface area (Å²) >= 11 is 1.56. The molecule has 8 heteroatoms. The zero-order valence-corrected chi connectivity index (χ0v) is 16.5. The SMILES string of the molecule is COc1cc(CN2CCc3nc(-c4cccs4)[nH]c(=O)c3C2)cc(O)c1OC. The minimum Gasteiger partial charge on any atom is -0.504 e. The van der Waals surface area contributed by atoms with Crippen LogP contribution in [0.25, 0.3) is 10.7 Å². The van der Waals surface area contributed by atoms with Gasteiger partial charge in [0.25, 0.3) is 5.56 Å². The van der Waals surface area contributed by atoms with Gasteiger partial charge in [-0.2, -0.15) is 0 Å². The molecule has 0 saturated heterocycles. The quantitative estimate of drug-likeness (QED) is 0.686. The maximum Gasteiger partial charge on any atom is 0.255 e. The molecule has 0 atom stereocenters. The van der Waals surface area contributed by atoms with Crippen LogP contribution in [0.5, 0.6) is 17.2 Å². The van der Waals surface area contributed by atoms with Crippen LogP contribution in [0, 0.1) is 0 Å². The van der Waals surface area contributed by atoms with Gasteiger partial charge in [0.2, 0.25) is 5.75 Å². The number of nitrogens with zero attached hydrogens (tertiary/aromatic N) is 2. The number of fused-ring (bicyclic) bond motifs is 1. The number of nitrogens with one attached hydrogen (secondary N) is 1. The summed E-state index contributed by atoms with van der Waals surface area (Å²) < 4.78 is 10.5. The molecule has 4 rings (SSSR count). The highest BCUT2D eigenvalue weighted by Crippen LogP contribution is 2.37. The molecule has 7 nitrogen and oxygen atoms in total. The van der Waals surface area contributed by atoms with Gasteiger partial charge >= 0.3 is 0 Å². The molecule has 1 aliphatic heterocycles. The number of thiophene rings is 1. The van der Waals surface area contributed by atoms with Gasteiger partial charge in [-0.3, -0.25) is 9.69 Å². The number of methoxy groups -OCH3 is 2. The van der Waals surface area contributed by atoms with Crippen molar-refractivity contribution in [1.29, 1.82) is 0 Å². The van der Waals surface area contributed by atoms with E-state index in [1.165, 1.54) is 14.2 Å². The van der Waals surface area contributed by atoms with E-state index in [4.69, 9.17) is 9.47 Å². The fourth-order valence-corrected chi connectivity index (χ4v) is 4.16. The van der Waals surface area contributed by atoms with Gasteiger partial charge in [-0.15, -0.1) is 11.3 Å². The Morgan fingerprint density at radius 1 is 1.32 bits per heavy atom. The van der Waals surface area contributed by atoms with Gasteiger partial charge < -0.3 is 19.6 Å². The third-order valence-electron chi connectivity index (χ3n) is 4.83. The van der Waals surface area contributed by atoms with Crippen LogP contribution < -0.4 is 15.0 Å². The van der Waals surface area contributed by atoms with Crippen LogP contribution in [-0.4, -0.2) is 40.7 Å². The van der Waals surface area contributed by atoms with E-state index in [1.54, 1.807) is 17.4 Å². The van der Waals surface area contributed by atoms with Crippen molar-refractivity contribution in [2.45, 2.75) is 19.5 Å². The molecule has 2 N–H and O–H groups in total. The maximum atomic E-state index is 12.6. The predicted molar refractivity (Wildman–Crippen MR) is 107 cm³/mol. The Morgan fingerprint density at radius 3 is 2.89 bits per heavy atom. The highest BCUT2D eigenvalue weighted by Gasteiger charge is 2.22. The lowest BCUT2D eigenvalue weighted by Crippen LogP contribution is -2.35. The Hall–Kier alpha value is -2.84. The molecular formula is C20H21N3O4S. The summed E-state index contributed by atoms with van der Waals surface area (Å²) in [6, 6.07) is 7.41. The second-order valence-electron chi connectivity index (χ2n) is 6.63. The smallest absolute Gasteiger partial charge is 0.255 e. The summed E-state index contributed by atoms with van der Waals surface area (Å²) in [5.41, 5.74) is 2.36. The number of aromatic amines is 1. The monoisotopic (exact) mass is 399 g/mol. The fourth-order valence-electron chi connectivity index (χ4n) is 3.50. The Labute approximate surface area is 166 Å². The minimum absolute atomic E-state index is 0.0364. The summed E-state index contributed by atoms with van der Waals surface area (Å²) in [5, 5.41) is 12.1. The standard InChI is InChI=1S/C20H21N3O4S/c1-26-16-9-12(8-15(24)18(16)27-2)10-23-6-5-14-13(11-23)20(25)22-19(21-14)17-4-3-7-28-17/h3-4,7-9,24H,5-6,10-11H2,1-2H3,(H,21,22,25). The Bertz CT molecular complexity index is 1050. The predicted octanol–water partition coefficient (Wildman–Crippen LogP) is 2.78. The van der Waals surface area contributed by atoms with Crippen molar-refractivity contribution in [2.24, 2.45) is 0 Å². The second-order valence-corrected chi connectivity index (χ2v) is 7.58. The average Bonchev–Trinajstić information content (AvgIpc) is 3.22. The third kappa shape index (κ3) is 3.48. The number of rotatable bonds is 5. The second kappa shape index (κ2) is 7.65. The topological polar surface area (TPSA) is 87.7 Å². The Morgan fingerprint density at radius 2 is 2.18 bits per heavy atom. The van der Waals surface area contributed by atoms with Gasteiger partial charge in [0.15, 0.2) is 17.3 Å². The van der Waals surface area contributed by atoms with Crippen molar-refractivity contribution in [3.05, 3.63) is 56.8 Å². The number of hydrogen-bond acceptors (Lipinski definition) is 7. The molecule has 3 aromatic rings. The van der Waals surface area contributed by atoms with Crippen LogP contribution in [0.3, 0.4) is 0 Å². The fraction of sp³-hybridized carbons (Fsp3) is 0.300. The number of aromatic hydroxyl groups is 1. The third-order valence-corrected chi connectivity index (χ3v) is 5.70. The van der Waals surface area contributed by atoms with Crippen LogP contribution in [0.1, 0.15) is 16.8 Å². The molecule has 2 aromatic heterocycles. The van der Waals surface area contributed by atoms with Gasteiger partial charge in [0, 0.05) is 26.1 Å². The molecule has 0 radical (unpaired) electrons. The summed E-state index contributed by atoms with van der Waals surface area (Å²) in [5.74, 6) is 1.47. The first-order valence-electron chi connectivity index (χ1n) is 8.91. The van der Waals surface area contributed by atoms with E-state index in [-0.39, 0.29) is 11.3 Å². The van der Waals surface area contributed by atoms with Gasteiger partial charge in [-0.1, -0.05) is 6.07 Å². The van der Waals surface area contributed by atoms with Crippen LogP contribution in [0.4, 0.5) is 0 Å². The lowest BCUT2D eigenvalue weighted by molar-refractivity contribution is 0.240. The molecule has 146 valence electrons. The summed E-state index contributed by atoms with van der Waals surface area (Å²) in [6.07, 6.45) is 0.705. The number of benzene rings is 1. The molecule has 0 unspecified atom stereocenters. The summed E-state index contributed by atoms with van der Waals surface area (Å²) in [7, 11) is 3.02. The summed E-state index contributed by atoms with van der Waals surface area (Å²) in [6.45, 7) is 1.87. The number of H-pyrrole nitrogens is 1. The highest BCUT2D eigenvalue weighted by atomic mass is 32.1. The highest BCUT2D eigenvalue weighted by molar-refractivity contribution is 7.13. The van der Waals surface area contributed by atoms with Gasteiger partial charge in [0.05, 0.1) is 30.4 Å². The largest absolute Gasteiger partial charge is 0.504 e. The molecule has 0 amide bonds. The minimum atomic E-state index is -0.0896. The first kappa shape index (κ1) is 18.5.